The van der Waals surface area contributed by atoms with Gasteiger partial charge in [-0.15, -0.1) is 0 Å². The molecule has 1 aliphatic heterocycles. The maximum Gasteiger partial charge on any atom is 0.337 e. The number of fused-ring (bicyclic) bond motifs is 1. The first kappa shape index (κ1) is 23.5. The number of carbonyl (C=O) groups excluding carboxylic acids is 1. The molecule has 3 heterocycles. The normalized spacial score (nSPS) is 13.9. The molecule has 2 aromatic heterocycles. The van der Waals surface area contributed by atoms with Crippen LogP contribution in [0.15, 0.2) is 48.5 Å². The number of morpholine rings is 1. The fourth-order valence-corrected chi connectivity index (χ4v) is 3.95. The van der Waals surface area contributed by atoms with Crippen molar-refractivity contribution < 1.29 is 23.0 Å². The van der Waals surface area contributed by atoms with Gasteiger partial charge in [0.2, 0.25) is 17.8 Å². The summed E-state index contributed by atoms with van der Waals surface area (Å²) in [7, 11) is 3.06. The number of carbonyl (C=O) groups is 1. The molecule has 0 N–H and O–H groups in total. The Hall–Kier alpha value is -4.19. The summed E-state index contributed by atoms with van der Waals surface area (Å²) < 4.78 is 39.5. The van der Waals surface area contributed by atoms with E-state index in [1.165, 1.54) is 11.7 Å². The summed E-state index contributed by atoms with van der Waals surface area (Å²) in [5, 5.41) is 0. The zero-order valence-electron chi connectivity index (χ0n) is 19.6. The summed E-state index contributed by atoms with van der Waals surface area (Å²) in [6.07, 6.45) is -2.84. The molecular weight excluding hydrogens is 472 g/mol. The van der Waals surface area contributed by atoms with Gasteiger partial charge in [-0.05, 0) is 36.4 Å². The van der Waals surface area contributed by atoms with Crippen molar-refractivity contribution in [3.05, 3.63) is 59.9 Å². The fraction of sp³-hybridized carbons (Fsp3) is 0.292. The highest BCUT2D eigenvalue weighted by Gasteiger charge is 2.25. The maximum absolute atomic E-state index is 14.0. The molecule has 1 aliphatic rings. The zero-order valence-corrected chi connectivity index (χ0v) is 19.6. The third-order valence-electron chi connectivity index (χ3n) is 5.85. The standard InChI is InChI=1S/C24H23F2N7O3/c1-31(16-9-7-15(8-10-16)21(34)35-2)22-28-23(32-11-13-36-14-12-32)30-24(29-22)33-18-6-4-3-5-17(18)27-20(33)19(25)26/h3-10,19H,11-14H2,1-2H3. The molecule has 1 saturated heterocycles. The van der Waals surface area contributed by atoms with Gasteiger partial charge in [-0.1, -0.05) is 12.1 Å². The van der Waals surface area contributed by atoms with Gasteiger partial charge in [-0.25, -0.2) is 18.6 Å². The maximum atomic E-state index is 14.0. The van der Waals surface area contributed by atoms with Gasteiger partial charge in [0.25, 0.3) is 6.43 Å². The lowest BCUT2D eigenvalue weighted by Crippen LogP contribution is -2.38. The monoisotopic (exact) mass is 495 g/mol. The van der Waals surface area contributed by atoms with Gasteiger partial charge in [0, 0.05) is 25.8 Å². The molecule has 12 heteroatoms. The van der Waals surface area contributed by atoms with Gasteiger partial charge >= 0.3 is 5.97 Å². The van der Waals surface area contributed by atoms with Crippen molar-refractivity contribution in [3.63, 3.8) is 0 Å². The van der Waals surface area contributed by atoms with Gasteiger partial charge in [0.15, 0.2) is 5.82 Å². The number of nitrogens with zero attached hydrogens (tertiary/aromatic N) is 7. The Morgan fingerprint density at radius 1 is 1.00 bits per heavy atom. The lowest BCUT2D eigenvalue weighted by molar-refractivity contribution is 0.0600. The molecule has 0 saturated carbocycles. The molecule has 0 atom stereocenters. The molecule has 2 aromatic carbocycles. The van der Waals surface area contributed by atoms with Crippen molar-refractivity contribution in [2.75, 3.05) is 50.3 Å². The van der Waals surface area contributed by atoms with Crippen LogP contribution in [0.5, 0.6) is 0 Å². The number of para-hydroxylation sites is 2. The van der Waals surface area contributed by atoms with Crippen LogP contribution >= 0.6 is 0 Å². The summed E-state index contributed by atoms with van der Waals surface area (Å²) in [6, 6.07) is 13.5. The number of methoxy groups -OCH3 is 1. The number of anilines is 3. The Morgan fingerprint density at radius 3 is 2.39 bits per heavy atom. The number of alkyl halides is 2. The molecule has 0 aliphatic carbocycles. The lowest BCUT2D eigenvalue weighted by Gasteiger charge is -2.28. The van der Waals surface area contributed by atoms with Crippen molar-refractivity contribution in [1.82, 2.24) is 24.5 Å². The first-order valence-corrected chi connectivity index (χ1v) is 11.2. The predicted molar refractivity (Wildman–Crippen MR) is 128 cm³/mol. The van der Waals surface area contributed by atoms with E-state index >= 15 is 0 Å². The highest BCUT2D eigenvalue weighted by Crippen LogP contribution is 2.29. The Morgan fingerprint density at radius 2 is 1.69 bits per heavy atom. The molecule has 36 heavy (non-hydrogen) atoms. The molecule has 1 fully saturated rings. The molecule has 0 spiro atoms. The third kappa shape index (κ3) is 4.42. The van der Waals surface area contributed by atoms with E-state index in [1.807, 2.05) is 4.90 Å². The predicted octanol–water partition coefficient (Wildman–Crippen LogP) is 3.54. The highest BCUT2D eigenvalue weighted by molar-refractivity contribution is 5.89. The average molecular weight is 495 g/mol. The smallest absolute Gasteiger partial charge is 0.337 e. The summed E-state index contributed by atoms with van der Waals surface area (Å²) in [5.41, 5.74) is 1.95. The fourth-order valence-electron chi connectivity index (χ4n) is 3.95. The Labute approximate surface area is 205 Å². The van der Waals surface area contributed by atoms with Crippen LogP contribution < -0.4 is 9.80 Å². The van der Waals surface area contributed by atoms with Crippen LogP contribution in [-0.4, -0.2) is 70.9 Å². The second-order valence-corrected chi connectivity index (χ2v) is 8.03. The molecule has 0 radical (unpaired) electrons. The van der Waals surface area contributed by atoms with Crippen molar-refractivity contribution in [2.24, 2.45) is 0 Å². The van der Waals surface area contributed by atoms with E-state index in [-0.39, 0.29) is 11.9 Å². The zero-order chi connectivity index (χ0) is 25.2. The minimum absolute atomic E-state index is 0.0310. The number of rotatable bonds is 6. The molecule has 10 nitrogen and oxygen atoms in total. The van der Waals surface area contributed by atoms with E-state index in [4.69, 9.17) is 9.47 Å². The minimum Gasteiger partial charge on any atom is -0.465 e. The molecule has 4 aromatic rings. The first-order valence-electron chi connectivity index (χ1n) is 11.2. The molecule has 186 valence electrons. The van der Waals surface area contributed by atoms with Crippen LogP contribution in [0.4, 0.5) is 26.4 Å². The summed E-state index contributed by atoms with van der Waals surface area (Å²) in [5.74, 6) is -0.290. The molecule has 0 bridgehead atoms. The van der Waals surface area contributed by atoms with Crippen molar-refractivity contribution in [1.29, 1.82) is 0 Å². The molecule has 0 unspecified atom stereocenters. The average Bonchev–Trinajstić information content (AvgIpc) is 3.33. The van der Waals surface area contributed by atoms with Gasteiger partial charge < -0.3 is 19.3 Å². The highest BCUT2D eigenvalue weighted by atomic mass is 19.3. The van der Waals surface area contributed by atoms with Crippen molar-refractivity contribution in [3.8, 4) is 5.95 Å². The van der Waals surface area contributed by atoms with E-state index in [0.29, 0.717) is 54.5 Å². The van der Waals surface area contributed by atoms with Crippen LogP contribution in [0, 0.1) is 0 Å². The summed E-state index contributed by atoms with van der Waals surface area (Å²) >= 11 is 0. The summed E-state index contributed by atoms with van der Waals surface area (Å²) in [4.78, 5) is 33.3. The van der Waals surface area contributed by atoms with Crippen molar-refractivity contribution in [2.45, 2.75) is 6.43 Å². The topological polar surface area (TPSA) is 98.5 Å². The van der Waals surface area contributed by atoms with Crippen molar-refractivity contribution >= 4 is 34.6 Å². The number of hydrogen-bond donors (Lipinski definition) is 0. The van der Waals surface area contributed by atoms with Crippen LogP contribution in [0.25, 0.3) is 17.0 Å². The van der Waals surface area contributed by atoms with E-state index in [0.717, 1.165) is 0 Å². The van der Waals surface area contributed by atoms with E-state index in [1.54, 1.807) is 60.5 Å². The quantitative estimate of drug-likeness (QED) is 0.372. The van der Waals surface area contributed by atoms with Crippen LogP contribution in [-0.2, 0) is 9.47 Å². The number of aromatic nitrogens is 5. The number of halogens is 2. The van der Waals surface area contributed by atoms with Crippen LogP contribution in [0.2, 0.25) is 0 Å². The van der Waals surface area contributed by atoms with Gasteiger partial charge in [0.1, 0.15) is 0 Å². The molecular formula is C24H23F2N7O3. The molecule has 0 amide bonds. The largest absolute Gasteiger partial charge is 0.465 e. The first-order chi connectivity index (χ1) is 17.5. The lowest BCUT2D eigenvalue weighted by atomic mass is 10.2. The van der Waals surface area contributed by atoms with Gasteiger partial charge in [-0.2, -0.15) is 15.0 Å². The minimum atomic E-state index is -2.84. The van der Waals surface area contributed by atoms with Crippen LogP contribution in [0.1, 0.15) is 22.6 Å². The number of ether oxygens (including phenoxy) is 2. The third-order valence-corrected chi connectivity index (χ3v) is 5.85. The number of imidazole rings is 1. The van der Waals surface area contributed by atoms with E-state index in [2.05, 4.69) is 19.9 Å². The summed E-state index contributed by atoms with van der Waals surface area (Å²) in [6.45, 7) is 2.09. The second kappa shape index (κ2) is 9.82. The van der Waals surface area contributed by atoms with E-state index in [9.17, 15) is 13.6 Å². The second-order valence-electron chi connectivity index (χ2n) is 8.03. The number of benzene rings is 2. The molecule has 5 rings (SSSR count). The Kier molecular flexibility index (Phi) is 6.42. The SMILES string of the molecule is COC(=O)c1ccc(N(C)c2nc(N3CCOCC3)nc(-n3c(C(F)F)nc4ccccc43)n2)cc1. The van der Waals surface area contributed by atoms with Crippen LogP contribution in [0.3, 0.4) is 0 Å². The Bertz CT molecular complexity index is 1390. The number of hydrogen-bond acceptors (Lipinski definition) is 9. The Balaban J connectivity index is 1.64. The van der Waals surface area contributed by atoms with E-state index < -0.39 is 18.2 Å². The van der Waals surface area contributed by atoms with Gasteiger partial charge in [-0.3, -0.25) is 4.57 Å². The van der Waals surface area contributed by atoms with Gasteiger partial charge in [0.05, 0.1) is 36.9 Å². The number of esters is 1.